The predicted molar refractivity (Wildman–Crippen MR) is 98.1 cm³/mol. The summed E-state index contributed by atoms with van der Waals surface area (Å²) < 4.78 is 1.33. The Morgan fingerprint density at radius 2 is 2.05 bits per heavy atom. The summed E-state index contributed by atoms with van der Waals surface area (Å²) >= 11 is 5.71. The van der Waals surface area contributed by atoms with Crippen molar-refractivity contribution in [3.8, 4) is 0 Å². The lowest BCUT2D eigenvalue weighted by Crippen LogP contribution is -2.34. The molecule has 0 spiro atoms. The summed E-state index contributed by atoms with van der Waals surface area (Å²) in [6, 6.07) is 2.22. The van der Waals surface area contributed by atoms with E-state index in [9.17, 15) is 0 Å². The second-order valence-electron chi connectivity index (χ2n) is 7.37. The first-order chi connectivity index (χ1) is 9.99. The maximum absolute atomic E-state index is 3.77. The highest BCUT2D eigenvalue weighted by atomic mass is 79.9. The molecule has 0 aromatic carbocycles. The van der Waals surface area contributed by atoms with Crippen molar-refractivity contribution in [2.24, 2.45) is 23.7 Å². The lowest BCUT2D eigenvalue weighted by atomic mass is 9.70. The Morgan fingerprint density at radius 3 is 2.62 bits per heavy atom. The molecule has 1 nitrogen and oxygen atoms in total. The van der Waals surface area contributed by atoms with Crippen LogP contribution >= 0.6 is 27.3 Å². The highest BCUT2D eigenvalue weighted by molar-refractivity contribution is 9.10. The van der Waals surface area contributed by atoms with Crippen LogP contribution in [-0.2, 0) is 0 Å². The SMILES string of the molecule is CC(C)CNCC1CCC(C(C)C)CC1c1sccc1Br. The molecule has 1 aromatic rings. The zero-order valence-corrected chi connectivity index (χ0v) is 16.3. The van der Waals surface area contributed by atoms with Crippen LogP contribution in [0.5, 0.6) is 0 Å². The minimum Gasteiger partial charge on any atom is -0.316 e. The second-order valence-corrected chi connectivity index (χ2v) is 9.17. The zero-order chi connectivity index (χ0) is 15.4. The normalized spacial score (nSPS) is 26.7. The van der Waals surface area contributed by atoms with Crippen molar-refractivity contribution in [2.75, 3.05) is 13.1 Å². The van der Waals surface area contributed by atoms with Gasteiger partial charge < -0.3 is 5.32 Å². The summed E-state index contributed by atoms with van der Waals surface area (Å²) in [5, 5.41) is 5.93. The largest absolute Gasteiger partial charge is 0.316 e. The fourth-order valence-electron chi connectivity index (χ4n) is 3.56. The third kappa shape index (κ3) is 4.80. The standard InChI is InChI=1S/C18H30BrNS/c1-12(2)10-20-11-15-6-5-14(13(3)4)9-16(15)18-17(19)7-8-21-18/h7-8,12-16,20H,5-6,9-11H2,1-4H3. The molecule has 3 unspecified atom stereocenters. The second kappa shape index (κ2) is 8.12. The van der Waals surface area contributed by atoms with Crippen molar-refractivity contribution >= 4 is 27.3 Å². The van der Waals surface area contributed by atoms with Gasteiger partial charge in [0.15, 0.2) is 0 Å². The number of halogens is 1. The van der Waals surface area contributed by atoms with Gasteiger partial charge in [0.25, 0.3) is 0 Å². The van der Waals surface area contributed by atoms with Gasteiger partial charge in [0.05, 0.1) is 0 Å². The molecule has 120 valence electrons. The summed E-state index contributed by atoms with van der Waals surface area (Å²) in [6.45, 7) is 11.7. The van der Waals surface area contributed by atoms with Crippen molar-refractivity contribution in [3.05, 3.63) is 20.8 Å². The summed E-state index contributed by atoms with van der Waals surface area (Å²) in [5.74, 6) is 3.99. The van der Waals surface area contributed by atoms with Crippen LogP contribution in [-0.4, -0.2) is 13.1 Å². The number of nitrogens with one attached hydrogen (secondary N) is 1. The van der Waals surface area contributed by atoms with Gasteiger partial charge in [-0.1, -0.05) is 27.7 Å². The Morgan fingerprint density at radius 1 is 1.29 bits per heavy atom. The van der Waals surface area contributed by atoms with E-state index in [2.05, 4.69) is 60.4 Å². The molecule has 1 aromatic heterocycles. The third-order valence-corrected chi connectivity index (χ3v) is 6.92. The molecule has 0 radical (unpaired) electrons. The van der Waals surface area contributed by atoms with Crippen LogP contribution in [0.15, 0.2) is 15.9 Å². The molecular formula is C18H30BrNS. The zero-order valence-electron chi connectivity index (χ0n) is 13.9. The van der Waals surface area contributed by atoms with Crippen molar-refractivity contribution in [1.82, 2.24) is 5.32 Å². The Balaban J connectivity index is 2.05. The lowest BCUT2D eigenvalue weighted by molar-refractivity contribution is 0.191. The molecule has 3 heteroatoms. The van der Waals surface area contributed by atoms with E-state index in [1.54, 1.807) is 4.88 Å². The Labute approximate surface area is 143 Å². The van der Waals surface area contributed by atoms with Gasteiger partial charge in [0.1, 0.15) is 0 Å². The molecule has 1 N–H and O–H groups in total. The fourth-order valence-corrected chi connectivity index (χ4v) is 5.44. The number of hydrogen-bond acceptors (Lipinski definition) is 2. The molecule has 0 aliphatic heterocycles. The molecule has 0 bridgehead atoms. The van der Waals surface area contributed by atoms with Crippen molar-refractivity contribution in [3.63, 3.8) is 0 Å². The Bertz CT molecular complexity index is 425. The van der Waals surface area contributed by atoms with Gasteiger partial charge in [-0.3, -0.25) is 0 Å². The molecule has 1 fully saturated rings. The van der Waals surface area contributed by atoms with E-state index in [1.807, 2.05) is 11.3 Å². The summed E-state index contributed by atoms with van der Waals surface area (Å²) in [4.78, 5) is 1.58. The molecule has 21 heavy (non-hydrogen) atoms. The maximum atomic E-state index is 3.77. The van der Waals surface area contributed by atoms with Crippen LogP contribution in [0, 0.1) is 23.7 Å². The third-order valence-electron chi connectivity index (χ3n) is 4.92. The maximum Gasteiger partial charge on any atom is 0.0317 e. The van der Waals surface area contributed by atoms with E-state index >= 15 is 0 Å². The smallest absolute Gasteiger partial charge is 0.0317 e. The Kier molecular flexibility index (Phi) is 6.77. The first-order valence-corrected chi connectivity index (χ1v) is 10.1. The molecule has 1 heterocycles. The van der Waals surface area contributed by atoms with Crippen LogP contribution in [0.3, 0.4) is 0 Å². The van der Waals surface area contributed by atoms with Crippen LogP contribution in [0.25, 0.3) is 0 Å². The van der Waals surface area contributed by atoms with E-state index in [4.69, 9.17) is 0 Å². The predicted octanol–water partition coefficient (Wildman–Crippen LogP) is 5.91. The number of thiophene rings is 1. The molecule has 2 rings (SSSR count). The molecule has 3 atom stereocenters. The Hall–Kier alpha value is 0.140. The molecule has 0 amide bonds. The average molecular weight is 372 g/mol. The highest BCUT2D eigenvalue weighted by Gasteiger charge is 2.34. The van der Waals surface area contributed by atoms with Gasteiger partial charge in [-0.25, -0.2) is 0 Å². The van der Waals surface area contributed by atoms with Crippen LogP contribution in [0.1, 0.15) is 57.8 Å². The van der Waals surface area contributed by atoms with Gasteiger partial charge in [-0.2, -0.15) is 0 Å². The minimum atomic E-state index is 0.736. The van der Waals surface area contributed by atoms with Crippen LogP contribution in [0.4, 0.5) is 0 Å². The first kappa shape index (κ1) is 17.5. The van der Waals surface area contributed by atoms with Crippen LogP contribution < -0.4 is 5.32 Å². The van der Waals surface area contributed by atoms with Crippen molar-refractivity contribution in [2.45, 2.75) is 52.9 Å². The van der Waals surface area contributed by atoms with Gasteiger partial charge >= 0.3 is 0 Å². The highest BCUT2D eigenvalue weighted by Crippen LogP contribution is 2.46. The fraction of sp³-hybridized carbons (Fsp3) is 0.778. The van der Waals surface area contributed by atoms with E-state index in [-0.39, 0.29) is 0 Å². The van der Waals surface area contributed by atoms with Crippen molar-refractivity contribution in [1.29, 1.82) is 0 Å². The molecule has 1 saturated carbocycles. The van der Waals surface area contributed by atoms with Gasteiger partial charge in [-0.05, 0) is 89.3 Å². The van der Waals surface area contributed by atoms with Crippen molar-refractivity contribution < 1.29 is 0 Å². The summed E-state index contributed by atoms with van der Waals surface area (Å²) in [7, 11) is 0. The number of hydrogen-bond donors (Lipinski definition) is 1. The lowest BCUT2D eigenvalue weighted by Gasteiger charge is -2.38. The number of rotatable bonds is 6. The van der Waals surface area contributed by atoms with Gasteiger partial charge in [-0.15, -0.1) is 11.3 Å². The summed E-state index contributed by atoms with van der Waals surface area (Å²) in [5.41, 5.74) is 0. The monoisotopic (exact) mass is 371 g/mol. The molecule has 1 aliphatic rings. The van der Waals surface area contributed by atoms with Gasteiger partial charge in [0, 0.05) is 9.35 Å². The van der Waals surface area contributed by atoms with E-state index in [0.717, 1.165) is 36.1 Å². The molecule has 0 saturated heterocycles. The van der Waals surface area contributed by atoms with E-state index in [1.165, 1.54) is 30.3 Å². The quantitative estimate of drug-likeness (QED) is 0.654. The van der Waals surface area contributed by atoms with Gasteiger partial charge in [0.2, 0.25) is 0 Å². The van der Waals surface area contributed by atoms with E-state index < -0.39 is 0 Å². The van der Waals surface area contributed by atoms with E-state index in [0.29, 0.717) is 0 Å². The average Bonchev–Trinajstić information content (AvgIpc) is 2.84. The van der Waals surface area contributed by atoms with Crippen LogP contribution in [0.2, 0.25) is 0 Å². The molecule has 1 aliphatic carbocycles. The first-order valence-electron chi connectivity index (χ1n) is 8.42. The minimum absolute atomic E-state index is 0.736. The molecular weight excluding hydrogens is 342 g/mol. The summed E-state index contributed by atoms with van der Waals surface area (Å²) in [6.07, 6.45) is 4.15. The topological polar surface area (TPSA) is 12.0 Å².